The average molecular weight is 408 g/mol. The molecule has 8 heteroatoms. The van der Waals surface area contributed by atoms with Crippen molar-refractivity contribution < 1.29 is 19.4 Å². The van der Waals surface area contributed by atoms with Gasteiger partial charge in [-0.05, 0) is 37.1 Å². The first-order valence-electron chi connectivity index (χ1n) is 10.1. The number of nitrogens with zero attached hydrogens (tertiary/aromatic N) is 3. The fourth-order valence-corrected chi connectivity index (χ4v) is 4.12. The number of rotatable bonds is 5. The number of piperidine rings is 1. The second-order valence-corrected chi connectivity index (χ2v) is 7.98. The molecule has 8 nitrogen and oxygen atoms in total. The van der Waals surface area contributed by atoms with E-state index in [1.807, 2.05) is 28.8 Å². The molecule has 2 aliphatic rings. The molecule has 0 saturated carbocycles. The van der Waals surface area contributed by atoms with E-state index in [4.69, 9.17) is 9.47 Å². The number of aromatic nitrogens is 2. The maximum absolute atomic E-state index is 12.4. The predicted molar refractivity (Wildman–Crippen MR) is 112 cm³/mol. The number of amides is 1. The summed E-state index contributed by atoms with van der Waals surface area (Å²) in [5.41, 5.74) is 1.84. The lowest BCUT2D eigenvalue weighted by Crippen LogP contribution is -2.48. The summed E-state index contributed by atoms with van der Waals surface area (Å²) in [6.07, 6.45) is 3.00. The second kappa shape index (κ2) is 7.62. The van der Waals surface area contributed by atoms with E-state index >= 15 is 0 Å². The van der Waals surface area contributed by atoms with Gasteiger partial charge in [0, 0.05) is 24.8 Å². The zero-order chi connectivity index (χ0) is 20.6. The van der Waals surface area contributed by atoms with Gasteiger partial charge in [-0.1, -0.05) is 12.1 Å². The van der Waals surface area contributed by atoms with Gasteiger partial charge in [-0.3, -0.25) is 9.69 Å². The number of hydrogen-bond acceptors (Lipinski definition) is 6. The van der Waals surface area contributed by atoms with E-state index in [2.05, 4.69) is 15.2 Å². The minimum atomic E-state index is -0.798. The van der Waals surface area contributed by atoms with Crippen LogP contribution < -0.4 is 14.8 Å². The summed E-state index contributed by atoms with van der Waals surface area (Å²) >= 11 is 0. The molecule has 1 saturated heterocycles. The molecule has 2 aromatic carbocycles. The highest BCUT2D eigenvalue weighted by atomic mass is 16.7. The molecule has 3 aromatic rings. The lowest BCUT2D eigenvalue weighted by molar-refractivity contribution is -0.118. The van der Waals surface area contributed by atoms with Crippen LogP contribution in [0.25, 0.3) is 11.0 Å². The van der Waals surface area contributed by atoms with E-state index < -0.39 is 5.60 Å². The monoisotopic (exact) mass is 408 g/mol. The van der Waals surface area contributed by atoms with Crippen LogP contribution in [0.1, 0.15) is 12.8 Å². The van der Waals surface area contributed by atoms with Gasteiger partial charge < -0.3 is 24.5 Å². The van der Waals surface area contributed by atoms with Crippen molar-refractivity contribution in [3.05, 3.63) is 48.8 Å². The highest BCUT2D eigenvalue weighted by Gasteiger charge is 2.33. The molecule has 30 heavy (non-hydrogen) atoms. The Hall–Kier alpha value is -3.10. The molecule has 0 radical (unpaired) electrons. The van der Waals surface area contributed by atoms with Crippen LogP contribution in [-0.4, -0.2) is 57.5 Å². The third kappa shape index (κ3) is 3.83. The van der Waals surface area contributed by atoms with Crippen molar-refractivity contribution >= 4 is 22.6 Å². The van der Waals surface area contributed by atoms with Gasteiger partial charge in [-0.2, -0.15) is 0 Å². The normalized spacial score (nSPS) is 17.9. The van der Waals surface area contributed by atoms with E-state index in [1.54, 1.807) is 24.5 Å². The molecule has 156 valence electrons. The molecule has 1 fully saturated rings. The van der Waals surface area contributed by atoms with Crippen LogP contribution >= 0.6 is 0 Å². The molecule has 0 spiro atoms. The fraction of sp³-hybridized carbons (Fsp3) is 0.364. The first-order valence-corrected chi connectivity index (χ1v) is 10.1. The Balaban J connectivity index is 1.15. The molecular formula is C22H24N4O4. The minimum absolute atomic E-state index is 0.0834. The van der Waals surface area contributed by atoms with Crippen LogP contribution in [0.3, 0.4) is 0 Å². The number of fused-ring (bicyclic) bond motifs is 2. The molecule has 3 heterocycles. The van der Waals surface area contributed by atoms with Crippen molar-refractivity contribution in [3.63, 3.8) is 0 Å². The van der Waals surface area contributed by atoms with Crippen molar-refractivity contribution in [2.45, 2.75) is 25.0 Å². The van der Waals surface area contributed by atoms with Crippen molar-refractivity contribution in [1.82, 2.24) is 14.5 Å². The predicted octanol–water partition coefficient (Wildman–Crippen LogP) is 2.23. The van der Waals surface area contributed by atoms with Crippen molar-refractivity contribution in [3.8, 4) is 11.5 Å². The highest BCUT2D eigenvalue weighted by molar-refractivity contribution is 5.92. The summed E-state index contributed by atoms with van der Waals surface area (Å²) in [4.78, 5) is 18.9. The van der Waals surface area contributed by atoms with Gasteiger partial charge in [-0.15, -0.1) is 0 Å². The third-order valence-electron chi connectivity index (χ3n) is 5.80. The molecule has 1 aromatic heterocycles. The van der Waals surface area contributed by atoms with Crippen LogP contribution in [0.2, 0.25) is 0 Å². The zero-order valence-electron chi connectivity index (χ0n) is 16.6. The topological polar surface area (TPSA) is 88.9 Å². The average Bonchev–Trinajstić information content (AvgIpc) is 3.37. The molecular weight excluding hydrogens is 384 g/mol. The van der Waals surface area contributed by atoms with E-state index in [-0.39, 0.29) is 12.7 Å². The minimum Gasteiger partial charge on any atom is -0.454 e. The summed E-state index contributed by atoms with van der Waals surface area (Å²) in [6, 6.07) is 13.3. The SMILES string of the molecule is O=C(CN1CCC(O)(Cn2cnc3ccccc32)CC1)Nc1ccc2c(c1)OCO2. The lowest BCUT2D eigenvalue weighted by atomic mass is 9.91. The smallest absolute Gasteiger partial charge is 0.238 e. The summed E-state index contributed by atoms with van der Waals surface area (Å²) in [7, 11) is 0. The Labute approximate surface area is 174 Å². The van der Waals surface area contributed by atoms with E-state index in [9.17, 15) is 9.90 Å². The maximum Gasteiger partial charge on any atom is 0.238 e. The molecule has 1 amide bonds. The van der Waals surface area contributed by atoms with Crippen LogP contribution in [0.4, 0.5) is 5.69 Å². The zero-order valence-corrected chi connectivity index (χ0v) is 16.6. The molecule has 2 aliphatic heterocycles. The van der Waals surface area contributed by atoms with Crippen molar-refractivity contribution in [1.29, 1.82) is 0 Å². The Morgan fingerprint density at radius 2 is 1.93 bits per heavy atom. The second-order valence-electron chi connectivity index (χ2n) is 7.98. The first-order chi connectivity index (χ1) is 14.6. The van der Waals surface area contributed by atoms with Gasteiger partial charge in [0.25, 0.3) is 0 Å². The molecule has 0 aliphatic carbocycles. The van der Waals surface area contributed by atoms with Gasteiger partial charge in [0.15, 0.2) is 11.5 Å². The van der Waals surface area contributed by atoms with E-state index in [0.717, 1.165) is 11.0 Å². The van der Waals surface area contributed by atoms with Crippen LogP contribution in [0, 0.1) is 0 Å². The number of carbonyl (C=O) groups is 1. The van der Waals surface area contributed by atoms with Gasteiger partial charge in [0.2, 0.25) is 12.7 Å². The molecule has 0 atom stereocenters. The van der Waals surface area contributed by atoms with Crippen molar-refractivity contribution in [2.75, 3.05) is 31.7 Å². The summed E-state index contributed by atoms with van der Waals surface area (Å²) in [6.45, 7) is 2.33. The Kier molecular flexibility index (Phi) is 4.80. The number of anilines is 1. The molecule has 0 bridgehead atoms. The number of para-hydroxylation sites is 2. The quantitative estimate of drug-likeness (QED) is 0.673. The number of ether oxygens (including phenoxy) is 2. The molecule has 2 N–H and O–H groups in total. The number of hydrogen-bond donors (Lipinski definition) is 2. The number of likely N-dealkylation sites (tertiary alicyclic amines) is 1. The number of imidazole rings is 1. The Morgan fingerprint density at radius 3 is 2.80 bits per heavy atom. The number of carbonyl (C=O) groups excluding carboxylic acids is 1. The lowest BCUT2D eigenvalue weighted by Gasteiger charge is -2.38. The largest absolute Gasteiger partial charge is 0.454 e. The standard InChI is InChI=1S/C22H24N4O4/c27-21(24-16-5-6-19-20(11-16)30-15-29-19)12-25-9-7-22(28,8-10-25)13-26-14-23-17-3-1-2-4-18(17)26/h1-6,11,14,28H,7-10,12-13,15H2,(H,24,27). The van der Waals surface area contributed by atoms with Gasteiger partial charge in [0.1, 0.15) is 0 Å². The molecule has 5 rings (SSSR count). The van der Waals surface area contributed by atoms with Crippen LogP contribution in [0.15, 0.2) is 48.8 Å². The maximum atomic E-state index is 12.4. The fourth-order valence-electron chi connectivity index (χ4n) is 4.12. The number of nitrogens with one attached hydrogen (secondary N) is 1. The van der Waals surface area contributed by atoms with Crippen LogP contribution in [-0.2, 0) is 11.3 Å². The first kappa shape index (κ1) is 18.9. The summed E-state index contributed by atoms with van der Waals surface area (Å²) in [5, 5.41) is 14.0. The molecule has 0 unspecified atom stereocenters. The number of aliphatic hydroxyl groups is 1. The third-order valence-corrected chi connectivity index (χ3v) is 5.80. The van der Waals surface area contributed by atoms with Gasteiger partial charge in [0.05, 0.1) is 36.1 Å². The van der Waals surface area contributed by atoms with Crippen LogP contribution in [0.5, 0.6) is 11.5 Å². The number of benzene rings is 2. The van der Waals surface area contributed by atoms with E-state index in [0.29, 0.717) is 56.2 Å². The summed E-state index contributed by atoms with van der Waals surface area (Å²) in [5.74, 6) is 1.25. The van der Waals surface area contributed by atoms with Gasteiger partial charge in [-0.25, -0.2) is 4.98 Å². The van der Waals surface area contributed by atoms with Crippen molar-refractivity contribution in [2.24, 2.45) is 0 Å². The van der Waals surface area contributed by atoms with E-state index in [1.165, 1.54) is 0 Å². The van der Waals surface area contributed by atoms with Gasteiger partial charge >= 0.3 is 0 Å². The highest BCUT2D eigenvalue weighted by Crippen LogP contribution is 2.34. The summed E-state index contributed by atoms with van der Waals surface area (Å²) < 4.78 is 12.6. The Bertz CT molecular complexity index is 1070. The Morgan fingerprint density at radius 1 is 1.13 bits per heavy atom.